The van der Waals surface area contributed by atoms with Crippen molar-refractivity contribution in [3.63, 3.8) is 0 Å². The fourth-order valence-electron chi connectivity index (χ4n) is 2.35. The van der Waals surface area contributed by atoms with Crippen molar-refractivity contribution in [1.82, 2.24) is 0 Å². The van der Waals surface area contributed by atoms with Crippen LogP contribution in [0.25, 0.3) is 10.8 Å². The minimum atomic E-state index is -0.726. The number of rotatable bonds is 2. The second kappa shape index (κ2) is 5.45. The van der Waals surface area contributed by atoms with Gasteiger partial charge in [-0.2, -0.15) is 0 Å². The molecule has 0 bridgehead atoms. The zero-order chi connectivity index (χ0) is 14.1. The Bertz CT molecular complexity index is 763. The average Bonchev–Trinajstić information content (AvgIpc) is 2.49. The number of halogens is 2. The highest BCUT2D eigenvalue weighted by molar-refractivity contribution is 6.42. The van der Waals surface area contributed by atoms with Crippen LogP contribution in [0.3, 0.4) is 0 Å². The van der Waals surface area contributed by atoms with Crippen LogP contribution in [0.5, 0.6) is 0 Å². The molecule has 1 N–H and O–H groups in total. The summed E-state index contributed by atoms with van der Waals surface area (Å²) in [6.45, 7) is 0. The van der Waals surface area contributed by atoms with E-state index < -0.39 is 6.10 Å². The second-order valence-electron chi connectivity index (χ2n) is 4.64. The Balaban J connectivity index is 2.12. The van der Waals surface area contributed by atoms with Crippen molar-refractivity contribution >= 4 is 34.0 Å². The van der Waals surface area contributed by atoms with Crippen LogP contribution in [0.2, 0.25) is 10.0 Å². The van der Waals surface area contributed by atoms with Gasteiger partial charge in [-0.05, 0) is 34.0 Å². The number of aliphatic hydroxyl groups is 1. The van der Waals surface area contributed by atoms with Crippen molar-refractivity contribution in [3.8, 4) is 0 Å². The summed E-state index contributed by atoms with van der Waals surface area (Å²) >= 11 is 11.9. The van der Waals surface area contributed by atoms with Gasteiger partial charge in [0.15, 0.2) is 0 Å². The molecule has 20 heavy (non-hydrogen) atoms. The quantitative estimate of drug-likeness (QED) is 0.687. The van der Waals surface area contributed by atoms with Crippen LogP contribution < -0.4 is 0 Å². The van der Waals surface area contributed by atoms with Gasteiger partial charge in [-0.3, -0.25) is 0 Å². The SMILES string of the molecule is OC(c1ccc(Cl)c(Cl)c1)c1cccc2ccccc12. The van der Waals surface area contributed by atoms with Gasteiger partial charge in [0.25, 0.3) is 0 Å². The van der Waals surface area contributed by atoms with Crippen LogP contribution in [0.4, 0.5) is 0 Å². The van der Waals surface area contributed by atoms with E-state index in [1.807, 2.05) is 42.5 Å². The van der Waals surface area contributed by atoms with E-state index in [0.717, 1.165) is 21.9 Å². The van der Waals surface area contributed by atoms with E-state index in [2.05, 4.69) is 0 Å². The zero-order valence-electron chi connectivity index (χ0n) is 10.6. The Kier molecular flexibility index (Phi) is 3.66. The normalized spacial score (nSPS) is 12.6. The molecule has 100 valence electrons. The van der Waals surface area contributed by atoms with E-state index in [1.54, 1.807) is 18.2 Å². The Morgan fingerprint density at radius 1 is 0.800 bits per heavy atom. The fourth-order valence-corrected chi connectivity index (χ4v) is 2.66. The molecule has 0 radical (unpaired) electrons. The van der Waals surface area contributed by atoms with Crippen LogP contribution in [-0.2, 0) is 0 Å². The number of fused-ring (bicyclic) bond motifs is 1. The number of benzene rings is 3. The molecule has 1 nitrogen and oxygen atoms in total. The maximum absolute atomic E-state index is 10.6. The molecule has 0 aliphatic carbocycles. The first-order valence-corrected chi connectivity index (χ1v) is 7.03. The van der Waals surface area contributed by atoms with E-state index >= 15 is 0 Å². The van der Waals surface area contributed by atoms with Gasteiger partial charge in [-0.25, -0.2) is 0 Å². The molecule has 3 rings (SSSR count). The van der Waals surface area contributed by atoms with Crippen molar-refractivity contribution in [2.24, 2.45) is 0 Å². The Morgan fingerprint density at radius 3 is 2.35 bits per heavy atom. The average molecular weight is 303 g/mol. The molecule has 0 fully saturated rings. The fraction of sp³-hybridized carbons (Fsp3) is 0.0588. The van der Waals surface area contributed by atoms with E-state index in [-0.39, 0.29) is 0 Å². The molecule has 3 aromatic rings. The maximum atomic E-state index is 10.6. The van der Waals surface area contributed by atoms with Crippen LogP contribution in [0, 0.1) is 0 Å². The monoisotopic (exact) mass is 302 g/mol. The summed E-state index contributed by atoms with van der Waals surface area (Å²) in [6.07, 6.45) is -0.726. The van der Waals surface area contributed by atoms with Crippen molar-refractivity contribution in [1.29, 1.82) is 0 Å². The molecule has 0 aromatic heterocycles. The zero-order valence-corrected chi connectivity index (χ0v) is 12.1. The second-order valence-corrected chi connectivity index (χ2v) is 5.46. The van der Waals surface area contributed by atoms with Gasteiger partial charge in [0.1, 0.15) is 6.10 Å². The van der Waals surface area contributed by atoms with Gasteiger partial charge < -0.3 is 5.11 Å². The van der Waals surface area contributed by atoms with Gasteiger partial charge in [0.2, 0.25) is 0 Å². The third kappa shape index (κ3) is 2.40. The third-order valence-corrected chi connectivity index (χ3v) is 4.12. The predicted octanol–water partition coefficient (Wildman–Crippen LogP) is 5.23. The van der Waals surface area contributed by atoms with Crippen LogP contribution in [0.1, 0.15) is 17.2 Å². The lowest BCUT2D eigenvalue weighted by atomic mass is 9.96. The first-order chi connectivity index (χ1) is 9.66. The van der Waals surface area contributed by atoms with Crippen LogP contribution in [-0.4, -0.2) is 5.11 Å². The van der Waals surface area contributed by atoms with Gasteiger partial charge >= 0.3 is 0 Å². The molecule has 0 saturated heterocycles. The van der Waals surface area contributed by atoms with E-state index in [4.69, 9.17) is 23.2 Å². The summed E-state index contributed by atoms with van der Waals surface area (Å²) in [5.74, 6) is 0. The third-order valence-electron chi connectivity index (χ3n) is 3.38. The molecule has 1 unspecified atom stereocenters. The summed E-state index contributed by atoms with van der Waals surface area (Å²) in [5.41, 5.74) is 1.59. The number of hydrogen-bond acceptors (Lipinski definition) is 1. The first-order valence-electron chi connectivity index (χ1n) is 6.27. The van der Waals surface area contributed by atoms with Crippen molar-refractivity contribution in [2.75, 3.05) is 0 Å². The van der Waals surface area contributed by atoms with Gasteiger partial charge in [0.05, 0.1) is 10.0 Å². The predicted molar refractivity (Wildman–Crippen MR) is 84.5 cm³/mol. The lowest BCUT2D eigenvalue weighted by Gasteiger charge is -2.15. The summed E-state index contributed by atoms with van der Waals surface area (Å²) in [5, 5.41) is 13.7. The Hall–Kier alpha value is -1.54. The van der Waals surface area contributed by atoms with E-state index in [1.165, 1.54) is 0 Å². The Labute approximate surface area is 127 Å². The molecule has 0 aliphatic heterocycles. The van der Waals surface area contributed by atoms with Crippen molar-refractivity contribution in [2.45, 2.75) is 6.10 Å². The van der Waals surface area contributed by atoms with Crippen LogP contribution in [0.15, 0.2) is 60.7 Å². The minimum absolute atomic E-state index is 0.448. The van der Waals surface area contributed by atoms with E-state index in [0.29, 0.717) is 10.0 Å². The lowest BCUT2D eigenvalue weighted by Crippen LogP contribution is -2.00. The van der Waals surface area contributed by atoms with Gasteiger partial charge in [-0.15, -0.1) is 0 Å². The number of hydrogen-bond donors (Lipinski definition) is 1. The van der Waals surface area contributed by atoms with Crippen molar-refractivity contribution < 1.29 is 5.11 Å². The highest BCUT2D eigenvalue weighted by Gasteiger charge is 2.14. The summed E-state index contributed by atoms with van der Waals surface area (Å²) in [7, 11) is 0. The minimum Gasteiger partial charge on any atom is -0.384 e. The molecule has 0 amide bonds. The molecule has 0 spiro atoms. The smallest absolute Gasteiger partial charge is 0.105 e. The molecule has 0 aliphatic rings. The largest absolute Gasteiger partial charge is 0.384 e. The molecule has 3 aromatic carbocycles. The van der Waals surface area contributed by atoms with Gasteiger partial charge in [0, 0.05) is 0 Å². The standard InChI is InChI=1S/C17H12Cl2O/c18-15-9-8-12(10-16(15)19)17(20)14-7-3-5-11-4-1-2-6-13(11)14/h1-10,17,20H. The molecular formula is C17H12Cl2O. The Morgan fingerprint density at radius 2 is 1.55 bits per heavy atom. The summed E-state index contributed by atoms with van der Waals surface area (Å²) in [4.78, 5) is 0. The maximum Gasteiger partial charge on any atom is 0.105 e. The molecule has 0 heterocycles. The molecule has 0 saturated carbocycles. The van der Waals surface area contributed by atoms with Crippen molar-refractivity contribution in [3.05, 3.63) is 81.8 Å². The first kappa shape index (κ1) is 13.4. The summed E-state index contributed by atoms with van der Waals surface area (Å²) in [6, 6.07) is 19.1. The topological polar surface area (TPSA) is 20.2 Å². The molecular weight excluding hydrogens is 291 g/mol. The van der Waals surface area contributed by atoms with E-state index in [9.17, 15) is 5.11 Å². The summed E-state index contributed by atoms with van der Waals surface area (Å²) < 4.78 is 0. The highest BCUT2D eigenvalue weighted by Crippen LogP contribution is 2.32. The molecule has 1 atom stereocenters. The highest BCUT2D eigenvalue weighted by atomic mass is 35.5. The molecule has 3 heteroatoms. The lowest BCUT2D eigenvalue weighted by molar-refractivity contribution is 0.222. The van der Waals surface area contributed by atoms with Crippen LogP contribution >= 0.6 is 23.2 Å². The number of aliphatic hydroxyl groups excluding tert-OH is 1. The van der Waals surface area contributed by atoms with Gasteiger partial charge in [-0.1, -0.05) is 71.7 Å².